The number of benzene rings is 5. The van der Waals surface area contributed by atoms with E-state index >= 15 is 0 Å². The number of nitrogens with zero attached hydrogens (tertiary/aromatic N) is 2. The lowest BCUT2D eigenvalue weighted by Gasteiger charge is -2.34. The minimum Gasteiger partial charge on any atom is -0.310 e. The van der Waals surface area contributed by atoms with Crippen molar-refractivity contribution < 1.29 is 0 Å². The quantitative estimate of drug-likeness (QED) is 0.175. The minimum absolute atomic E-state index is 0.0639. The van der Waals surface area contributed by atoms with Crippen molar-refractivity contribution in [3.63, 3.8) is 0 Å². The summed E-state index contributed by atoms with van der Waals surface area (Å²) in [6.45, 7) is 36.6. The highest BCUT2D eigenvalue weighted by molar-refractivity contribution is 5.86. The summed E-state index contributed by atoms with van der Waals surface area (Å²) in [5, 5.41) is 0. The van der Waals surface area contributed by atoms with Gasteiger partial charge in [-0.3, -0.25) is 0 Å². The third-order valence-corrected chi connectivity index (χ3v) is 10.5. The first-order valence-corrected chi connectivity index (χ1v) is 19.1. The maximum atomic E-state index is 2.47. The Bertz CT molecular complexity index is 1840. The van der Waals surface area contributed by atoms with Gasteiger partial charge in [-0.05, 0) is 136 Å². The molecule has 5 aromatic carbocycles. The number of aryl methyl sites for hydroxylation is 4. The highest BCUT2D eigenvalue weighted by atomic mass is 15.2. The molecule has 0 amide bonds. The van der Waals surface area contributed by atoms with Gasteiger partial charge in [0.2, 0.25) is 0 Å². The van der Waals surface area contributed by atoms with Crippen LogP contribution < -0.4 is 9.80 Å². The second kappa shape index (κ2) is 13.9. The van der Waals surface area contributed by atoms with Crippen molar-refractivity contribution in [2.45, 2.75) is 132 Å². The van der Waals surface area contributed by atoms with Crippen LogP contribution in [0.5, 0.6) is 0 Å². The highest BCUT2D eigenvalue weighted by Crippen LogP contribution is 2.46. The number of rotatable bonds is 6. The van der Waals surface area contributed by atoms with E-state index in [4.69, 9.17) is 0 Å². The predicted molar refractivity (Wildman–Crippen MR) is 230 cm³/mol. The zero-order valence-corrected chi connectivity index (χ0v) is 35.1. The molecule has 0 spiro atoms. The number of anilines is 6. The van der Waals surface area contributed by atoms with Gasteiger partial charge in [-0.15, -0.1) is 0 Å². The highest BCUT2D eigenvalue weighted by Gasteiger charge is 2.26. The van der Waals surface area contributed by atoms with E-state index < -0.39 is 0 Å². The third-order valence-electron chi connectivity index (χ3n) is 10.5. The van der Waals surface area contributed by atoms with E-state index in [1.165, 1.54) is 55.9 Å². The first kappa shape index (κ1) is 38.9. The molecule has 0 unspecified atom stereocenters. The molecule has 0 heterocycles. The van der Waals surface area contributed by atoms with Gasteiger partial charge in [-0.1, -0.05) is 138 Å². The summed E-state index contributed by atoms with van der Waals surface area (Å²) in [4.78, 5) is 4.94. The van der Waals surface area contributed by atoms with Gasteiger partial charge >= 0.3 is 0 Å². The van der Waals surface area contributed by atoms with Crippen LogP contribution in [0, 0.1) is 27.7 Å². The van der Waals surface area contributed by atoms with Crippen molar-refractivity contribution in [1.82, 2.24) is 0 Å². The Labute approximate surface area is 316 Å². The second-order valence-corrected chi connectivity index (χ2v) is 19.2. The SMILES string of the molecule is Cc1cc(C(C)(C)C)cc(C)c1N(c1ccc(C(C)(C)C)cc1)c1cccc(N(c2ccc(C(C)(C)C)cc2)c2c(C)cc(C(C)(C)C)cc2C)c1. The fraction of sp³-hybridized carbons (Fsp3) is 0.400. The van der Waals surface area contributed by atoms with Crippen molar-refractivity contribution in [2.75, 3.05) is 9.80 Å². The predicted octanol–water partition coefficient (Wildman–Crippen LogP) is 15.0. The fourth-order valence-electron chi connectivity index (χ4n) is 7.29. The first-order valence-electron chi connectivity index (χ1n) is 19.1. The summed E-state index contributed by atoms with van der Waals surface area (Å²) in [6.07, 6.45) is 0. The van der Waals surface area contributed by atoms with Gasteiger partial charge < -0.3 is 9.80 Å². The zero-order valence-electron chi connectivity index (χ0n) is 35.1. The Morgan fingerprint density at radius 2 is 0.577 bits per heavy atom. The maximum absolute atomic E-state index is 2.47. The topological polar surface area (TPSA) is 6.48 Å². The molecular weight excluding hydrogens is 629 g/mol. The van der Waals surface area contributed by atoms with Crippen molar-refractivity contribution in [2.24, 2.45) is 0 Å². The van der Waals surface area contributed by atoms with Crippen LogP contribution in [0.15, 0.2) is 97.1 Å². The summed E-state index contributed by atoms with van der Waals surface area (Å²) in [5.41, 5.74) is 17.8. The van der Waals surface area contributed by atoms with Crippen LogP contribution in [0.3, 0.4) is 0 Å². The molecule has 5 rings (SSSR count). The molecule has 2 heteroatoms. The van der Waals surface area contributed by atoms with Gasteiger partial charge in [0.05, 0.1) is 11.4 Å². The number of hydrogen-bond acceptors (Lipinski definition) is 2. The van der Waals surface area contributed by atoms with E-state index in [9.17, 15) is 0 Å². The van der Waals surface area contributed by atoms with Gasteiger partial charge in [0.1, 0.15) is 0 Å². The molecule has 0 fully saturated rings. The Morgan fingerprint density at radius 3 is 0.827 bits per heavy atom. The molecule has 2 nitrogen and oxygen atoms in total. The fourth-order valence-corrected chi connectivity index (χ4v) is 7.29. The van der Waals surface area contributed by atoms with Gasteiger partial charge in [0.15, 0.2) is 0 Å². The lowest BCUT2D eigenvalue weighted by atomic mass is 9.84. The van der Waals surface area contributed by atoms with Crippen LogP contribution in [0.2, 0.25) is 0 Å². The molecule has 0 bridgehead atoms. The van der Waals surface area contributed by atoms with E-state index in [1.807, 2.05) is 0 Å². The lowest BCUT2D eigenvalue weighted by molar-refractivity contribution is 0.589. The Hall–Kier alpha value is -4.30. The molecule has 274 valence electrons. The van der Waals surface area contributed by atoms with Gasteiger partial charge in [0, 0.05) is 22.7 Å². The Kier molecular flexibility index (Phi) is 10.4. The van der Waals surface area contributed by atoms with E-state index in [0.717, 1.165) is 22.7 Å². The molecule has 0 N–H and O–H groups in total. The standard InChI is InChI=1S/C50H64N2/c1-33-28-39(49(11,12)13)29-34(2)45(33)51(41-24-20-37(21-25-41)47(5,6)7)43-18-17-19-44(32-43)52(42-26-22-38(23-27-42)48(8,9)10)46-35(3)30-40(31-36(46)4)50(14,15)16/h17-32H,1-16H3. The molecule has 0 aliphatic heterocycles. The Morgan fingerprint density at radius 1 is 0.308 bits per heavy atom. The molecule has 0 saturated heterocycles. The lowest BCUT2D eigenvalue weighted by Crippen LogP contribution is -2.18. The minimum atomic E-state index is 0.0639. The van der Waals surface area contributed by atoms with Crippen molar-refractivity contribution in [3.05, 3.63) is 142 Å². The van der Waals surface area contributed by atoms with Crippen LogP contribution in [-0.4, -0.2) is 0 Å². The third kappa shape index (κ3) is 8.17. The van der Waals surface area contributed by atoms with Gasteiger partial charge in [-0.2, -0.15) is 0 Å². The molecular formula is C50H64N2. The molecule has 0 saturated carbocycles. The summed E-state index contributed by atoms with van der Waals surface area (Å²) in [6, 6.07) is 37.1. The first-order chi connectivity index (χ1) is 24.0. The van der Waals surface area contributed by atoms with Crippen molar-refractivity contribution >= 4 is 34.1 Å². The normalized spacial score (nSPS) is 12.6. The second-order valence-electron chi connectivity index (χ2n) is 19.2. The van der Waals surface area contributed by atoms with E-state index in [1.54, 1.807) is 0 Å². The molecule has 0 atom stereocenters. The average Bonchev–Trinajstić information content (AvgIpc) is 3.03. The van der Waals surface area contributed by atoms with Crippen molar-refractivity contribution in [1.29, 1.82) is 0 Å². The smallest absolute Gasteiger partial charge is 0.0520 e. The van der Waals surface area contributed by atoms with Crippen LogP contribution in [-0.2, 0) is 21.7 Å². The summed E-state index contributed by atoms with van der Waals surface area (Å²) in [7, 11) is 0. The molecule has 0 aliphatic rings. The van der Waals surface area contributed by atoms with Crippen LogP contribution in [0.1, 0.15) is 128 Å². The molecule has 0 aliphatic carbocycles. The van der Waals surface area contributed by atoms with Crippen LogP contribution in [0.25, 0.3) is 0 Å². The van der Waals surface area contributed by atoms with E-state index in [-0.39, 0.29) is 21.7 Å². The van der Waals surface area contributed by atoms with Gasteiger partial charge in [0.25, 0.3) is 0 Å². The molecule has 0 aromatic heterocycles. The largest absolute Gasteiger partial charge is 0.310 e. The summed E-state index contributed by atoms with van der Waals surface area (Å²) >= 11 is 0. The van der Waals surface area contributed by atoms with E-state index in [2.05, 4.69) is 218 Å². The Balaban J connectivity index is 1.77. The molecule has 0 radical (unpaired) electrons. The summed E-state index contributed by atoms with van der Waals surface area (Å²) in [5.74, 6) is 0. The molecule has 52 heavy (non-hydrogen) atoms. The molecule has 5 aromatic rings. The van der Waals surface area contributed by atoms with Crippen LogP contribution in [0.4, 0.5) is 34.1 Å². The van der Waals surface area contributed by atoms with Crippen molar-refractivity contribution in [3.8, 4) is 0 Å². The zero-order chi connectivity index (χ0) is 38.6. The van der Waals surface area contributed by atoms with E-state index in [0.29, 0.717) is 0 Å². The van der Waals surface area contributed by atoms with Crippen LogP contribution >= 0.6 is 0 Å². The monoisotopic (exact) mass is 693 g/mol. The average molecular weight is 693 g/mol. The number of hydrogen-bond donors (Lipinski definition) is 0. The van der Waals surface area contributed by atoms with Gasteiger partial charge in [-0.25, -0.2) is 0 Å². The summed E-state index contributed by atoms with van der Waals surface area (Å²) < 4.78 is 0. The maximum Gasteiger partial charge on any atom is 0.0520 e.